The van der Waals surface area contributed by atoms with Gasteiger partial charge in [0.15, 0.2) is 0 Å². The predicted octanol–water partition coefficient (Wildman–Crippen LogP) is 4.08. The molecule has 0 amide bonds. The Labute approximate surface area is 201 Å². The third kappa shape index (κ3) is 8.45. The molecule has 1 aliphatic rings. The zero-order valence-corrected chi connectivity index (χ0v) is 21.2. The molecule has 0 bridgehead atoms. The van der Waals surface area contributed by atoms with Gasteiger partial charge in [0.05, 0.1) is 26.4 Å². The van der Waals surface area contributed by atoms with Gasteiger partial charge < -0.3 is 23.7 Å². The highest BCUT2D eigenvalue weighted by atomic mass is 16.7. The summed E-state index contributed by atoms with van der Waals surface area (Å²) in [6.45, 7) is 9.26. The molecule has 0 aromatic heterocycles. The zero-order chi connectivity index (χ0) is 25.7. The van der Waals surface area contributed by atoms with Crippen molar-refractivity contribution in [3.8, 4) is 0 Å². The van der Waals surface area contributed by atoms with E-state index in [1.165, 1.54) is 14.0 Å². The molecule has 1 rings (SSSR count). The number of hydrogen-bond donors (Lipinski definition) is 0. The zero-order valence-electron chi connectivity index (χ0n) is 21.2. The van der Waals surface area contributed by atoms with Crippen molar-refractivity contribution in [1.29, 1.82) is 0 Å². The fraction of sp³-hybridized carbons (Fsp3) is 0.870. The molecule has 0 aliphatic carbocycles. The van der Waals surface area contributed by atoms with Crippen LogP contribution in [0.25, 0.3) is 10.4 Å². The fourth-order valence-electron chi connectivity index (χ4n) is 4.30. The summed E-state index contributed by atoms with van der Waals surface area (Å²) < 4.78 is 27.6. The van der Waals surface area contributed by atoms with E-state index in [0.717, 1.165) is 0 Å². The van der Waals surface area contributed by atoms with E-state index in [9.17, 15) is 14.4 Å². The Kier molecular flexibility index (Phi) is 12.9. The topological polar surface area (TPSA) is 146 Å². The van der Waals surface area contributed by atoms with Crippen LogP contribution in [0.2, 0.25) is 0 Å². The molecular weight excluding hydrogens is 446 g/mol. The van der Waals surface area contributed by atoms with Crippen LogP contribution >= 0.6 is 0 Å². The van der Waals surface area contributed by atoms with Crippen molar-refractivity contribution in [2.24, 2.45) is 17.0 Å². The van der Waals surface area contributed by atoms with Crippen LogP contribution in [0.1, 0.15) is 73.1 Å². The van der Waals surface area contributed by atoms with Gasteiger partial charge in [0.1, 0.15) is 6.10 Å². The minimum absolute atomic E-state index is 0.00129. The van der Waals surface area contributed by atoms with Crippen molar-refractivity contribution in [2.45, 2.75) is 97.2 Å². The molecule has 11 nitrogen and oxygen atoms in total. The van der Waals surface area contributed by atoms with E-state index in [4.69, 9.17) is 29.2 Å². The van der Waals surface area contributed by atoms with Gasteiger partial charge in [-0.05, 0) is 37.6 Å². The standard InChI is InChI=1S/C23H39N3O8/c1-7-19(33-17(5)27)16(4)21-15(3)18(25-26-24)14-23(34-21,22(29)30-6)32-13-11-9-10-12-20(28)31-8-2/h15-16,18-19,21H,7-14H2,1-6H3/t15-,16-,18-,19-,21?,23-/m1/s1. The van der Waals surface area contributed by atoms with Crippen molar-refractivity contribution < 1.29 is 38.1 Å². The maximum Gasteiger partial charge on any atom is 0.366 e. The molecule has 11 heteroatoms. The maximum atomic E-state index is 12.9. The monoisotopic (exact) mass is 485 g/mol. The highest BCUT2D eigenvalue weighted by Gasteiger charge is 2.54. The summed E-state index contributed by atoms with van der Waals surface area (Å²) in [4.78, 5) is 38.9. The second kappa shape index (κ2) is 14.8. The summed E-state index contributed by atoms with van der Waals surface area (Å²) in [5, 5.41) is 3.90. The van der Waals surface area contributed by atoms with E-state index < -0.39 is 36.0 Å². The Morgan fingerprint density at radius 3 is 2.50 bits per heavy atom. The summed E-state index contributed by atoms with van der Waals surface area (Å²) >= 11 is 0. The first kappa shape index (κ1) is 29.7. The molecule has 0 N–H and O–H groups in total. The van der Waals surface area contributed by atoms with Crippen molar-refractivity contribution in [2.75, 3.05) is 20.3 Å². The molecule has 1 heterocycles. The first-order chi connectivity index (χ1) is 16.1. The van der Waals surface area contributed by atoms with Crippen LogP contribution in [0.4, 0.5) is 0 Å². The Morgan fingerprint density at radius 2 is 1.94 bits per heavy atom. The quantitative estimate of drug-likeness (QED) is 0.0893. The molecular formula is C23H39N3O8. The van der Waals surface area contributed by atoms with E-state index in [1.54, 1.807) is 6.92 Å². The number of azide groups is 1. The highest BCUT2D eigenvalue weighted by molar-refractivity contribution is 5.78. The molecule has 0 aromatic carbocycles. The predicted molar refractivity (Wildman–Crippen MR) is 122 cm³/mol. The van der Waals surface area contributed by atoms with Crippen LogP contribution in [0.15, 0.2) is 5.11 Å². The molecule has 0 radical (unpaired) electrons. The minimum Gasteiger partial charge on any atom is -0.466 e. The summed E-state index contributed by atoms with van der Waals surface area (Å²) in [5.41, 5.74) is 9.11. The van der Waals surface area contributed by atoms with E-state index >= 15 is 0 Å². The summed E-state index contributed by atoms with van der Waals surface area (Å²) in [6, 6.07) is -0.594. The van der Waals surface area contributed by atoms with Crippen LogP contribution in [-0.2, 0) is 38.1 Å². The van der Waals surface area contributed by atoms with E-state index in [2.05, 4.69) is 10.0 Å². The second-order valence-corrected chi connectivity index (χ2v) is 8.54. The van der Waals surface area contributed by atoms with Gasteiger partial charge >= 0.3 is 17.9 Å². The van der Waals surface area contributed by atoms with Gasteiger partial charge in [-0.2, -0.15) is 0 Å². The number of ether oxygens (including phenoxy) is 5. The summed E-state index contributed by atoms with van der Waals surface area (Å²) in [7, 11) is 1.24. The van der Waals surface area contributed by atoms with E-state index in [-0.39, 0.29) is 30.8 Å². The SMILES string of the molecule is CCOC(=O)CCCCCO[C@]1(C(=O)OC)C[C@@H](N=[N+]=[N-])[C@@H](C)C([C@H](C)[C@@H](CC)OC(C)=O)O1. The van der Waals surface area contributed by atoms with Crippen LogP contribution in [0.3, 0.4) is 0 Å². The maximum absolute atomic E-state index is 12.9. The van der Waals surface area contributed by atoms with Gasteiger partial charge in [-0.3, -0.25) is 9.59 Å². The molecule has 1 unspecified atom stereocenters. The lowest BCUT2D eigenvalue weighted by Crippen LogP contribution is -2.59. The molecule has 194 valence electrons. The highest BCUT2D eigenvalue weighted by Crippen LogP contribution is 2.41. The summed E-state index contributed by atoms with van der Waals surface area (Å²) in [6.07, 6.45) is 1.71. The van der Waals surface area contributed by atoms with Gasteiger partial charge in [-0.15, -0.1) is 0 Å². The number of unbranched alkanes of at least 4 members (excludes halogenated alkanes) is 2. The van der Waals surface area contributed by atoms with E-state index in [0.29, 0.717) is 38.7 Å². The number of carbonyl (C=O) groups is 3. The lowest BCUT2D eigenvalue weighted by molar-refractivity contribution is -0.300. The van der Waals surface area contributed by atoms with Gasteiger partial charge in [-0.25, -0.2) is 4.79 Å². The lowest BCUT2D eigenvalue weighted by atomic mass is 9.79. The molecule has 0 spiro atoms. The first-order valence-corrected chi connectivity index (χ1v) is 11.9. The van der Waals surface area contributed by atoms with Gasteiger partial charge in [0.25, 0.3) is 5.79 Å². The number of esters is 3. The molecule has 0 saturated carbocycles. The van der Waals surface area contributed by atoms with Crippen LogP contribution in [0.5, 0.6) is 0 Å². The third-order valence-corrected chi connectivity index (χ3v) is 6.12. The van der Waals surface area contributed by atoms with Crippen molar-refractivity contribution >= 4 is 17.9 Å². The Bertz CT molecular complexity index is 727. The van der Waals surface area contributed by atoms with Crippen LogP contribution in [-0.4, -0.2) is 62.3 Å². The molecule has 1 fully saturated rings. The van der Waals surface area contributed by atoms with Gasteiger partial charge in [0, 0.05) is 36.6 Å². The van der Waals surface area contributed by atoms with Gasteiger partial charge in [-0.1, -0.05) is 32.3 Å². The molecule has 34 heavy (non-hydrogen) atoms. The smallest absolute Gasteiger partial charge is 0.366 e. The molecule has 0 aromatic rings. The van der Waals surface area contributed by atoms with Crippen LogP contribution < -0.4 is 0 Å². The molecule has 1 saturated heterocycles. The fourth-order valence-corrected chi connectivity index (χ4v) is 4.30. The number of rotatable bonds is 14. The lowest BCUT2D eigenvalue weighted by Gasteiger charge is -2.47. The Balaban J connectivity index is 3.01. The van der Waals surface area contributed by atoms with Crippen molar-refractivity contribution in [1.82, 2.24) is 0 Å². The Hall–Kier alpha value is -2.36. The largest absolute Gasteiger partial charge is 0.466 e. The number of nitrogens with zero attached hydrogens (tertiary/aromatic N) is 3. The molecule has 1 aliphatic heterocycles. The number of methoxy groups -OCH3 is 1. The average molecular weight is 486 g/mol. The van der Waals surface area contributed by atoms with Gasteiger partial charge in [0.2, 0.25) is 0 Å². The van der Waals surface area contributed by atoms with Crippen LogP contribution in [0, 0.1) is 11.8 Å². The van der Waals surface area contributed by atoms with E-state index in [1.807, 2.05) is 20.8 Å². The number of carbonyl (C=O) groups excluding carboxylic acids is 3. The molecule has 6 atom stereocenters. The minimum atomic E-state index is -1.76. The number of hydrogen-bond acceptors (Lipinski definition) is 9. The average Bonchev–Trinajstić information content (AvgIpc) is 2.80. The second-order valence-electron chi connectivity index (χ2n) is 8.54. The Morgan fingerprint density at radius 1 is 1.24 bits per heavy atom. The van der Waals surface area contributed by atoms with Crippen molar-refractivity contribution in [3.63, 3.8) is 0 Å². The summed E-state index contributed by atoms with van der Waals surface area (Å²) in [5.74, 6) is -3.70. The normalized spacial score (nSPS) is 26.0. The third-order valence-electron chi connectivity index (χ3n) is 6.12. The first-order valence-electron chi connectivity index (χ1n) is 11.9. The van der Waals surface area contributed by atoms with Crippen molar-refractivity contribution in [3.05, 3.63) is 10.4 Å².